The number of nitrogens with zero attached hydrogens (tertiary/aromatic N) is 1. The number of rotatable bonds is 7. The van der Waals surface area contributed by atoms with Crippen molar-refractivity contribution in [1.29, 1.82) is 0 Å². The van der Waals surface area contributed by atoms with Gasteiger partial charge in [-0.3, -0.25) is 9.79 Å². The van der Waals surface area contributed by atoms with Crippen molar-refractivity contribution in [1.82, 2.24) is 16.0 Å². The Morgan fingerprint density at radius 2 is 2.14 bits per heavy atom. The Morgan fingerprint density at radius 3 is 2.73 bits per heavy atom. The van der Waals surface area contributed by atoms with Crippen molar-refractivity contribution in [3.8, 4) is 0 Å². The molecule has 1 aliphatic carbocycles. The largest absolute Gasteiger partial charge is 0.356 e. The molecule has 3 N–H and O–H groups in total. The highest BCUT2D eigenvalue weighted by Gasteiger charge is 2.29. The van der Waals surface area contributed by atoms with Crippen LogP contribution >= 0.6 is 35.7 Å². The number of thioether (sulfide) groups is 1. The lowest BCUT2D eigenvalue weighted by Crippen LogP contribution is -2.44. The Morgan fingerprint density at radius 1 is 1.36 bits per heavy atom. The summed E-state index contributed by atoms with van der Waals surface area (Å²) in [6.07, 6.45) is 6.31. The fourth-order valence-electron chi connectivity index (χ4n) is 2.45. The first kappa shape index (κ1) is 19.9. The summed E-state index contributed by atoms with van der Waals surface area (Å²) in [4.78, 5) is 15.8. The summed E-state index contributed by atoms with van der Waals surface area (Å²) in [5, 5.41) is 9.69. The number of nitrogens with one attached hydrogen (secondary N) is 3. The summed E-state index contributed by atoms with van der Waals surface area (Å²) >= 11 is 2.04. The molecular weight excluding hydrogens is 411 g/mol. The van der Waals surface area contributed by atoms with Gasteiger partial charge in [0.1, 0.15) is 0 Å². The molecule has 128 valence electrons. The molecule has 1 atom stereocenters. The molecule has 0 bridgehead atoms. The van der Waals surface area contributed by atoms with Crippen LogP contribution in [0.25, 0.3) is 0 Å². The molecule has 22 heavy (non-hydrogen) atoms. The zero-order chi connectivity index (χ0) is 15.1. The molecule has 0 aromatic heterocycles. The van der Waals surface area contributed by atoms with Gasteiger partial charge >= 0.3 is 0 Å². The van der Waals surface area contributed by atoms with Crippen molar-refractivity contribution < 1.29 is 4.79 Å². The first-order valence-corrected chi connectivity index (χ1v) is 8.98. The molecule has 1 amide bonds. The summed E-state index contributed by atoms with van der Waals surface area (Å²) < 4.78 is 0.335. The predicted octanol–water partition coefficient (Wildman–Crippen LogP) is 2.11. The fourth-order valence-corrected chi connectivity index (χ4v) is 3.70. The van der Waals surface area contributed by atoms with Crippen LogP contribution in [0.3, 0.4) is 0 Å². The summed E-state index contributed by atoms with van der Waals surface area (Å²) in [5.41, 5.74) is 0. The van der Waals surface area contributed by atoms with Gasteiger partial charge in [-0.15, -0.1) is 24.0 Å². The van der Waals surface area contributed by atoms with Crippen molar-refractivity contribution in [2.75, 3.05) is 25.9 Å². The van der Waals surface area contributed by atoms with Crippen LogP contribution in [-0.4, -0.2) is 48.5 Å². The number of guanidine groups is 1. The van der Waals surface area contributed by atoms with Crippen LogP contribution in [0.4, 0.5) is 0 Å². The van der Waals surface area contributed by atoms with Gasteiger partial charge in [0.2, 0.25) is 5.91 Å². The second-order valence-electron chi connectivity index (χ2n) is 6.20. The minimum atomic E-state index is 0. The lowest BCUT2D eigenvalue weighted by Gasteiger charge is -2.24. The van der Waals surface area contributed by atoms with E-state index in [-0.39, 0.29) is 29.9 Å². The average molecular weight is 440 g/mol. The van der Waals surface area contributed by atoms with Crippen molar-refractivity contribution in [2.45, 2.75) is 56.2 Å². The van der Waals surface area contributed by atoms with Gasteiger partial charge in [0.25, 0.3) is 0 Å². The number of aliphatic imine (C=N–C) groups is 1. The molecule has 1 aliphatic heterocycles. The molecule has 1 saturated carbocycles. The maximum Gasteiger partial charge on any atom is 0.220 e. The lowest BCUT2D eigenvalue weighted by molar-refractivity contribution is -0.121. The molecule has 1 unspecified atom stereocenters. The summed E-state index contributed by atoms with van der Waals surface area (Å²) in [7, 11) is 1.79. The van der Waals surface area contributed by atoms with Crippen molar-refractivity contribution >= 4 is 47.6 Å². The second-order valence-corrected chi connectivity index (χ2v) is 7.88. The van der Waals surface area contributed by atoms with Crippen LogP contribution in [0, 0.1) is 0 Å². The monoisotopic (exact) mass is 440 g/mol. The van der Waals surface area contributed by atoms with E-state index in [1.807, 2.05) is 11.8 Å². The number of hydrogen-bond donors (Lipinski definition) is 3. The van der Waals surface area contributed by atoms with Gasteiger partial charge < -0.3 is 16.0 Å². The van der Waals surface area contributed by atoms with E-state index < -0.39 is 0 Å². The number of amides is 1. The summed E-state index contributed by atoms with van der Waals surface area (Å²) in [6.45, 7) is 4.04. The molecule has 7 heteroatoms. The second kappa shape index (κ2) is 9.85. The molecule has 5 nitrogen and oxygen atoms in total. The van der Waals surface area contributed by atoms with Crippen molar-refractivity contribution in [3.63, 3.8) is 0 Å². The van der Waals surface area contributed by atoms with Gasteiger partial charge in [-0.05, 0) is 44.8 Å². The smallest absolute Gasteiger partial charge is 0.220 e. The molecule has 2 fully saturated rings. The SMILES string of the molecule is CN=C(NCCCC(=O)NC1CC1)NCC1(C)CCCS1.I. The molecule has 0 aromatic rings. The van der Waals surface area contributed by atoms with E-state index in [0.29, 0.717) is 17.2 Å². The van der Waals surface area contributed by atoms with Crippen molar-refractivity contribution in [3.05, 3.63) is 0 Å². The summed E-state index contributed by atoms with van der Waals surface area (Å²) in [6, 6.07) is 0.463. The van der Waals surface area contributed by atoms with Crippen molar-refractivity contribution in [2.24, 2.45) is 4.99 Å². The third-order valence-electron chi connectivity index (χ3n) is 3.97. The number of hydrogen-bond acceptors (Lipinski definition) is 3. The van der Waals surface area contributed by atoms with Gasteiger partial charge in [0, 0.05) is 37.3 Å². The Balaban J connectivity index is 0.00000242. The highest BCUT2D eigenvalue weighted by Crippen LogP contribution is 2.36. The lowest BCUT2D eigenvalue weighted by atomic mass is 10.1. The minimum Gasteiger partial charge on any atom is -0.356 e. The van der Waals surface area contributed by atoms with Gasteiger partial charge in [0.05, 0.1) is 0 Å². The van der Waals surface area contributed by atoms with E-state index in [1.165, 1.54) is 18.6 Å². The van der Waals surface area contributed by atoms with Gasteiger partial charge in [-0.2, -0.15) is 11.8 Å². The van der Waals surface area contributed by atoms with Gasteiger partial charge in [0.15, 0.2) is 5.96 Å². The van der Waals surface area contributed by atoms with Crippen LogP contribution in [0.15, 0.2) is 4.99 Å². The van der Waals surface area contributed by atoms with Crippen LogP contribution in [0.5, 0.6) is 0 Å². The number of carbonyl (C=O) groups is 1. The van der Waals surface area contributed by atoms with Crippen LogP contribution in [-0.2, 0) is 4.79 Å². The van der Waals surface area contributed by atoms with E-state index in [2.05, 4.69) is 27.9 Å². The van der Waals surface area contributed by atoms with Crippen LogP contribution < -0.4 is 16.0 Å². The Bertz CT molecular complexity index is 382. The molecular formula is C15H29IN4OS. The molecule has 0 radical (unpaired) electrons. The molecule has 2 aliphatic rings. The maximum atomic E-state index is 11.6. The topological polar surface area (TPSA) is 65.5 Å². The fraction of sp³-hybridized carbons (Fsp3) is 0.867. The third-order valence-corrected chi connectivity index (χ3v) is 5.51. The van der Waals surface area contributed by atoms with E-state index in [4.69, 9.17) is 0 Å². The highest BCUT2D eigenvalue weighted by molar-refractivity contribution is 14.0. The molecule has 0 aromatic carbocycles. The molecule has 0 spiro atoms. The quantitative estimate of drug-likeness (QED) is 0.246. The first-order valence-electron chi connectivity index (χ1n) is 7.99. The highest BCUT2D eigenvalue weighted by atomic mass is 127. The average Bonchev–Trinajstić information content (AvgIpc) is 3.17. The van der Waals surface area contributed by atoms with E-state index in [1.54, 1.807) is 7.05 Å². The normalized spacial score (nSPS) is 24.5. The number of carbonyl (C=O) groups excluding carboxylic acids is 1. The zero-order valence-corrected chi connectivity index (χ0v) is 16.8. The third kappa shape index (κ3) is 7.39. The predicted molar refractivity (Wildman–Crippen MR) is 105 cm³/mol. The first-order chi connectivity index (χ1) is 10.1. The number of halogens is 1. The van der Waals surface area contributed by atoms with Gasteiger partial charge in [-0.1, -0.05) is 0 Å². The van der Waals surface area contributed by atoms with Gasteiger partial charge in [-0.25, -0.2) is 0 Å². The van der Waals surface area contributed by atoms with Crippen LogP contribution in [0.2, 0.25) is 0 Å². The molecule has 1 heterocycles. The van der Waals surface area contributed by atoms with Crippen LogP contribution in [0.1, 0.15) is 45.4 Å². The Labute approximate surface area is 155 Å². The van der Waals surface area contributed by atoms with E-state index >= 15 is 0 Å². The van der Waals surface area contributed by atoms with E-state index in [9.17, 15) is 4.79 Å². The molecule has 1 saturated heterocycles. The minimum absolute atomic E-state index is 0. The maximum absolute atomic E-state index is 11.6. The Kier molecular flexibility index (Phi) is 8.89. The van der Waals surface area contributed by atoms with E-state index in [0.717, 1.165) is 38.3 Å². The zero-order valence-electron chi connectivity index (χ0n) is 13.6. The Hall–Kier alpha value is -0.180. The summed E-state index contributed by atoms with van der Waals surface area (Å²) in [5.74, 6) is 2.28. The molecule has 2 rings (SSSR count). The standard InChI is InChI=1S/C15H28N4OS.HI/c1-15(8-4-10-21-15)11-18-14(16-2)17-9-3-5-13(20)19-12-6-7-12;/h12H,3-11H2,1-2H3,(H,19,20)(H2,16,17,18);1H.